The summed E-state index contributed by atoms with van der Waals surface area (Å²) in [5, 5.41) is 22.4. The number of carbonyl (C=O) groups is 2. The van der Waals surface area contributed by atoms with Gasteiger partial charge >= 0.3 is 0 Å². The maximum absolute atomic E-state index is 11.3. The molecule has 0 amide bonds. The molecule has 4 heteroatoms. The Labute approximate surface area is 183 Å². The highest BCUT2D eigenvalue weighted by Gasteiger charge is 2.10. The molecule has 0 heterocycles. The van der Waals surface area contributed by atoms with Crippen LogP contribution in [0.25, 0.3) is 0 Å². The van der Waals surface area contributed by atoms with E-state index in [-0.39, 0.29) is 11.1 Å². The van der Waals surface area contributed by atoms with Gasteiger partial charge in [-0.1, -0.05) is 121 Å². The summed E-state index contributed by atoms with van der Waals surface area (Å²) in [5.41, 5.74) is 0.0181. The summed E-state index contributed by atoms with van der Waals surface area (Å²) in [4.78, 5) is 22.4. The highest BCUT2D eigenvalue weighted by atomic mass is 16.4. The summed E-state index contributed by atoms with van der Waals surface area (Å²) in [6.45, 7) is 2.26. The zero-order valence-corrected chi connectivity index (χ0v) is 18.9. The van der Waals surface area contributed by atoms with Crippen molar-refractivity contribution in [3.05, 3.63) is 34.9 Å². The summed E-state index contributed by atoms with van der Waals surface area (Å²) in [5.74, 6) is -2.91. The normalized spacial score (nSPS) is 11.0. The molecule has 0 spiro atoms. The van der Waals surface area contributed by atoms with Crippen LogP contribution in [0.4, 0.5) is 0 Å². The minimum absolute atomic E-state index is 0.224. The second kappa shape index (κ2) is 16.9. The van der Waals surface area contributed by atoms with Gasteiger partial charge in [-0.3, -0.25) is 0 Å². The Morgan fingerprint density at radius 3 is 1.47 bits per heavy atom. The summed E-state index contributed by atoms with van der Waals surface area (Å²) < 4.78 is 0. The van der Waals surface area contributed by atoms with Crippen LogP contribution in [-0.2, 0) is 6.42 Å². The van der Waals surface area contributed by atoms with E-state index in [0.717, 1.165) is 19.3 Å². The average Bonchev–Trinajstić information content (AvgIpc) is 2.73. The molecule has 0 saturated carbocycles. The van der Waals surface area contributed by atoms with Crippen molar-refractivity contribution in [3.63, 3.8) is 0 Å². The van der Waals surface area contributed by atoms with Gasteiger partial charge in [-0.15, -0.1) is 0 Å². The predicted octanol–water partition coefficient (Wildman–Crippen LogP) is 5.22. The van der Waals surface area contributed by atoms with Gasteiger partial charge < -0.3 is 19.8 Å². The third kappa shape index (κ3) is 11.4. The Kier molecular flexibility index (Phi) is 14.8. The first-order valence-electron chi connectivity index (χ1n) is 12.1. The van der Waals surface area contributed by atoms with Gasteiger partial charge in [0.15, 0.2) is 0 Å². The molecule has 0 aliphatic carbocycles. The molecule has 0 aromatic heterocycles. The van der Waals surface area contributed by atoms with Gasteiger partial charge in [-0.2, -0.15) is 0 Å². The molecule has 0 fully saturated rings. The van der Waals surface area contributed by atoms with Crippen LogP contribution in [0.3, 0.4) is 0 Å². The van der Waals surface area contributed by atoms with E-state index in [1.165, 1.54) is 89.5 Å². The van der Waals surface area contributed by atoms with Crippen molar-refractivity contribution in [2.24, 2.45) is 0 Å². The largest absolute Gasteiger partial charge is 0.545 e. The Morgan fingerprint density at radius 1 is 0.633 bits per heavy atom. The molecule has 30 heavy (non-hydrogen) atoms. The lowest BCUT2D eigenvalue weighted by Gasteiger charge is -2.16. The van der Waals surface area contributed by atoms with Gasteiger partial charge in [0.2, 0.25) is 0 Å². The van der Waals surface area contributed by atoms with Crippen LogP contribution in [-0.4, -0.2) is 11.9 Å². The number of hydrogen-bond donors (Lipinski definition) is 0. The number of unbranched alkanes of at least 4 members (excludes halogenated alkanes) is 15. The lowest BCUT2D eigenvalue weighted by atomic mass is 9.96. The highest BCUT2D eigenvalue weighted by molar-refractivity contribution is 6.01. The molecule has 0 unspecified atom stereocenters. The number of carboxylic acids is 2. The standard InChI is InChI=1S/C26H42O4/c1-2-3-4-5-6-7-8-9-10-11-12-13-14-15-16-17-19-22-20-18-21-23(25(27)28)24(22)26(29)30/h18,20-21H,2-17,19H2,1H3,(H,27,28)(H,29,30)/p-2. The molecular weight excluding hydrogens is 376 g/mol. The quantitative estimate of drug-likeness (QED) is 0.290. The second-order valence-corrected chi connectivity index (χ2v) is 8.47. The molecule has 0 N–H and O–H groups in total. The molecule has 170 valence electrons. The number of hydrogen-bond acceptors (Lipinski definition) is 4. The molecule has 0 saturated heterocycles. The maximum Gasteiger partial charge on any atom is 0.0724 e. The molecule has 0 aliphatic rings. The van der Waals surface area contributed by atoms with E-state index in [9.17, 15) is 19.8 Å². The zero-order valence-electron chi connectivity index (χ0n) is 18.9. The monoisotopic (exact) mass is 416 g/mol. The Hall–Kier alpha value is -1.84. The number of aromatic carboxylic acids is 2. The smallest absolute Gasteiger partial charge is 0.0724 e. The number of aryl methyl sites for hydroxylation is 1. The van der Waals surface area contributed by atoms with E-state index in [0.29, 0.717) is 12.0 Å². The fourth-order valence-corrected chi connectivity index (χ4v) is 4.08. The van der Waals surface area contributed by atoms with Crippen LogP contribution in [0, 0.1) is 0 Å². The van der Waals surface area contributed by atoms with Crippen LogP contribution in [0.5, 0.6) is 0 Å². The molecule has 1 aromatic rings. The van der Waals surface area contributed by atoms with Crippen molar-refractivity contribution in [2.45, 2.75) is 116 Å². The van der Waals surface area contributed by atoms with Crippen LogP contribution in [0.1, 0.15) is 136 Å². The number of rotatable bonds is 19. The molecule has 0 radical (unpaired) electrons. The fourth-order valence-electron chi connectivity index (χ4n) is 4.08. The Bertz CT molecular complexity index is 609. The fraction of sp³-hybridized carbons (Fsp3) is 0.692. The number of carbonyl (C=O) groups excluding carboxylic acids is 2. The van der Waals surface area contributed by atoms with Gasteiger partial charge in [0.1, 0.15) is 0 Å². The van der Waals surface area contributed by atoms with Crippen molar-refractivity contribution in [3.8, 4) is 0 Å². The Morgan fingerprint density at radius 2 is 1.07 bits per heavy atom. The summed E-state index contributed by atoms with van der Waals surface area (Å²) >= 11 is 0. The summed E-state index contributed by atoms with van der Waals surface area (Å²) in [6.07, 6.45) is 21.1. The van der Waals surface area contributed by atoms with E-state index < -0.39 is 11.9 Å². The molecule has 1 aromatic carbocycles. The molecule has 1 rings (SSSR count). The first kappa shape index (κ1) is 26.2. The van der Waals surface area contributed by atoms with Gasteiger partial charge in [-0.25, -0.2) is 0 Å². The van der Waals surface area contributed by atoms with Crippen molar-refractivity contribution in [2.75, 3.05) is 0 Å². The van der Waals surface area contributed by atoms with Gasteiger partial charge in [-0.05, 0) is 18.4 Å². The first-order valence-corrected chi connectivity index (χ1v) is 12.1. The third-order valence-corrected chi connectivity index (χ3v) is 5.87. The van der Waals surface area contributed by atoms with Crippen LogP contribution < -0.4 is 10.2 Å². The lowest BCUT2D eigenvalue weighted by Crippen LogP contribution is -2.31. The minimum atomic E-state index is -1.47. The van der Waals surface area contributed by atoms with E-state index >= 15 is 0 Å². The SMILES string of the molecule is CCCCCCCCCCCCCCCCCCc1cccc(C(=O)[O-])c1C(=O)[O-]. The molecule has 0 aliphatic heterocycles. The topological polar surface area (TPSA) is 80.3 Å². The highest BCUT2D eigenvalue weighted by Crippen LogP contribution is 2.18. The van der Waals surface area contributed by atoms with Crippen LogP contribution in [0.15, 0.2) is 18.2 Å². The second-order valence-electron chi connectivity index (χ2n) is 8.47. The van der Waals surface area contributed by atoms with Crippen LogP contribution >= 0.6 is 0 Å². The number of benzene rings is 1. The molecule has 0 bridgehead atoms. The van der Waals surface area contributed by atoms with Crippen molar-refractivity contribution in [1.82, 2.24) is 0 Å². The van der Waals surface area contributed by atoms with Crippen molar-refractivity contribution >= 4 is 11.9 Å². The Balaban J connectivity index is 2.03. The molecular formula is C26H40O4-2. The lowest BCUT2D eigenvalue weighted by molar-refractivity contribution is -0.259. The van der Waals surface area contributed by atoms with Gasteiger partial charge in [0.25, 0.3) is 0 Å². The predicted molar refractivity (Wildman–Crippen MR) is 118 cm³/mol. The minimum Gasteiger partial charge on any atom is -0.545 e. The molecule has 0 atom stereocenters. The van der Waals surface area contributed by atoms with Crippen molar-refractivity contribution in [1.29, 1.82) is 0 Å². The van der Waals surface area contributed by atoms with E-state index in [1.807, 2.05) is 0 Å². The average molecular weight is 417 g/mol. The summed E-state index contributed by atoms with van der Waals surface area (Å²) in [7, 11) is 0. The maximum atomic E-state index is 11.3. The summed E-state index contributed by atoms with van der Waals surface area (Å²) in [6, 6.07) is 4.50. The van der Waals surface area contributed by atoms with Crippen molar-refractivity contribution < 1.29 is 19.8 Å². The number of carboxylic acid groups (broad SMARTS) is 2. The molecule has 4 nitrogen and oxygen atoms in total. The third-order valence-electron chi connectivity index (χ3n) is 5.87. The van der Waals surface area contributed by atoms with E-state index in [2.05, 4.69) is 6.92 Å². The van der Waals surface area contributed by atoms with E-state index in [4.69, 9.17) is 0 Å². The first-order chi connectivity index (χ1) is 14.6. The van der Waals surface area contributed by atoms with Gasteiger partial charge in [0.05, 0.1) is 11.9 Å². The zero-order chi connectivity index (χ0) is 22.0. The van der Waals surface area contributed by atoms with E-state index in [1.54, 1.807) is 12.1 Å². The van der Waals surface area contributed by atoms with Crippen LogP contribution in [0.2, 0.25) is 0 Å². The van der Waals surface area contributed by atoms with Gasteiger partial charge in [0, 0.05) is 11.1 Å².